The maximum absolute atomic E-state index is 5.68. The number of nitrogens with zero attached hydrogens (tertiary/aromatic N) is 3. The molecule has 7 heteroatoms. The molecule has 0 saturated heterocycles. The van der Waals surface area contributed by atoms with E-state index in [-0.39, 0.29) is 0 Å². The maximum atomic E-state index is 5.68. The summed E-state index contributed by atoms with van der Waals surface area (Å²) in [5.41, 5.74) is 1.19. The van der Waals surface area contributed by atoms with Gasteiger partial charge < -0.3 is 20.1 Å². The molecular weight excluding hydrogens is 330 g/mol. The Balaban J connectivity index is 1.78. The second-order valence-corrected chi connectivity index (χ2v) is 5.59. The van der Waals surface area contributed by atoms with Crippen LogP contribution in [0.1, 0.15) is 19.4 Å². The van der Waals surface area contributed by atoms with Gasteiger partial charge >= 0.3 is 0 Å². The fraction of sp³-hybridized carbons (Fsp3) is 0.474. The van der Waals surface area contributed by atoms with E-state index < -0.39 is 0 Å². The van der Waals surface area contributed by atoms with Crippen LogP contribution in [0.5, 0.6) is 11.5 Å². The molecule has 1 heterocycles. The highest BCUT2D eigenvalue weighted by atomic mass is 16.5. The smallest absolute Gasteiger partial charge is 0.191 e. The second kappa shape index (κ2) is 11.0. The van der Waals surface area contributed by atoms with Gasteiger partial charge in [0.15, 0.2) is 17.5 Å². The van der Waals surface area contributed by atoms with Crippen LogP contribution in [0, 0.1) is 0 Å². The third-order valence-corrected chi connectivity index (χ3v) is 3.73. The first-order valence-electron chi connectivity index (χ1n) is 9.07. The predicted octanol–water partition coefficient (Wildman–Crippen LogP) is 2.09. The lowest BCUT2D eigenvalue weighted by Gasteiger charge is -2.14. The molecule has 0 bridgehead atoms. The number of hydrogen-bond donors (Lipinski definition) is 2. The zero-order chi connectivity index (χ0) is 18.6. The minimum atomic E-state index is 0.620. The SMILES string of the molecule is CCOc1ccc(CCNC(=NC)NCCn2cccn2)cc1OCC. The van der Waals surface area contributed by atoms with E-state index in [9.17, 15) is 0 Å². The van der Waals surface area contributed by atoms with Gasteiger partial charge in [-0.25, -0.2) is 0 Å². The van der Waals surface area contributed by atoms with Crippen LogP contribution in [0.2, 0.25) is 0 Å². The molecule has 0 fully saturated rings. The molecule has 7 nitrogen and oxygen atoms in total. The first kappa shape index (κ1) is 19.6. The van der Waals surface area contributed by atoms with Crippen LogP contribution in [-0.4, -0.2) is 49.1 Å². The summed E-state index contributed by atoms with van der Waals surface area (Å²) in [6.07, 6.45) is 4.59. The number of rotatable bonds is 10. The molecular formula is C19H29N5O2. The van der Waals surface area contributed by atoms with Crippen molar-refractivity contribution in [2.24, 2.45) is 4.99 Å². The molecule has 0 saturated carbocycles. The normalized spacial score (nSPS) is 11.3. The molecule has 0 unspecified atom stereocenters. The first-order valence-corrected chi connectivity index (χ1v) is 9.07. The Morgan fingerprint density at radius 2 is 1.88 bits per heavy atom. The molecule has 0 aliphatic carbocycles. The van der Waals surface area contributed by atoms with Crippen molar-refractivity contribution in [3.05, 3.63) is 42.2 Å². The van der Waals surface area contributed by atoms with Crippen molar-refractivity contribution in [2.75, 3.05) is 33.4 Å². The lowest BCUT2D eigenvalue weighted by Crippen LogP contribution is -2.39. The summed E-state index contributed by atoms with van der Waals surface area (Å²) in [5, 5.41) is 10.8. The highest BCUT2D eigenvalue weighted by Crippen LogP contribution is 2.28. The molecule has 0 spiro atoms. The minimum Gasteiger partial charge on any atom is -0.490 e. The number of aliphatic imine (C=N–C) groups is 1. The average molecular weight is 359 g/mol. The monoisotopic (exact) mass is 359 g/mol. The van der Waals surface area contributed by atoms with Crippen molar-refractivity contribution in [3.63, 3.8) is 0 Å². The van der Waals surface area contributed by atoms with Crippen LogP contribution < -0.4 is 20.1 Å². The van der Waals surface area contributed by atoms with E-state index in [0.717, 1.165) is 43.5 Å². The van der Waals surface area contributed by atoms with E-state index in [2.05, 4.69) is 26.8 Å². The largest absolute Gasteiger partial charge is 0.490 e. The fourth-order valence-electron chi connectivity index (χ4n) is 2.52. The van der Waals surface area contributed by atoms with Crippen molar-refractivity contribution in [3.8, 4) is 11.5 Å². The van der Waals surface area contributed by atoms with Gasteiger partial charge in [-0.1, -0.05) is 6.07 Å². The van der Waals surface area contributed by atoms with Crippen molar-refractivity contribution in [2.45, 2.75) is 26.8 Å². The van der Waals surface area contributed by atoms with Crippen molar-refractivity contribution >= 4 is 5.96 Å². The Kier molecular flexibility index (Phi) is 8.32. The van der Waals surface area contributed by atoms with Crippen molar-refractivity contribution in [1.29, 1.82) is 0 Å². The maximum Gasteiger partial charge on any atom is 0.191 e. The molecule has 0 atom stereocenters. The summed E-state index contributed by atoms with van der Waals surface area (Å²) < 4.78 is 13.2. The zero-order valence-electron chi connectivity index (χ0n) is 15.9. The topological polar surface area (TPSA) is 72.7 Å². The minimum absolute atomic E-state index is 0.620. The molecule has 2 N–H and O–H groups in total. The van der Waals surface area contributed by atoms with Gasteiger partial charge in [0.2, 0.25) is 0 Å². The number of ether oxygens (including phenoxy) is 2. The summed E-state index contributed by atoms with van der Waals surface area (Å²) in [4.78, 5) is 4.24. The van der Waals surface area contributed by atoms with Gasteiger partial charge in [-0.15, -0.1) is 0 Å². The summed E-state index contributed by atoms with van der Waals surface area (Å²) in [6.45, 7) is 7.53. The number of hydrogen-bond acceptors (Lipinski definition) is 4. The van der Waals surface area contributed by atoms with E-state index in [0.29, 0.717) is 13.2 Å². The first-order chi connectivity index (χ1) is 12.8. The van der Waals surface area contributed by atoms with E-state index in [4.69, 9.17) is 9.47 Å². The van der Waals surface area contributed by atoms with Gasteiger partial charge in [0.05, 0.1) is 19.8 Å². The van der Waals surface area contributed by atoms with E-state index in [1.807, 2.05) is 42.9 Å². The van der Waals surface area contributed by atoms with Crippen LogP contribution in [0.3, 0.4) is 0 Å². The molecule has 0 aliphatic heterocycles. The van der Waals surface area contributed by atoms with Gasteiger partial charge in [-0.05, 0) is 44.0 Å². The molecule has 1 aromatic heterocycles. The second-order valence-electron chi connectivity index (χ2n) is 5.59. The Morgan fingerprint density at radius 1 is 1.12 bits per heavy atom. The average Bonchev–Trinajstić information content (AvgIpc) is 3.16. The third-order valence-electron chi connectivity index (χ3n) is 3.73. The summed E-state index contributed by atoms with van der Waals surface area (Å²) in [5.74, 6) is 2.38. The Labute approximate surface area is 155 Å². The summed E-state index contributed by atoms with van der Waals surface area (Å²) >= 11 is 0. The van der Waals surface area contributed by atoms with Crippen molar-refractivity contribution in [1.82, 2.24) is 20.4 Å². The molecule has 0 aliphatic rings. The lowest BCUT2D eigenvalue weighted by molar-refractivity contribution is 0.287. The van der Waals surface area contributed by atoms with E-state index in [1.165, 1.54) is 5.56 Å². The van der Waals surface area contributed by atoms with Crippen LogP contribution in [-0.2, 0) is 13.0 Å². The number of aromatic nitrogens is 2. The number of nitrogens with one attached hydrogen (secondary N) is 2. The lowest BCUT2D eigenvalue weighted by atomic mass is 10.1. The van der Waals surface area contributed by atoms with Crippen LogP contribution in [0.15, 0.2) is 41.7 Å². The Morgan fingerprint density at radius 3 is 2.58 bits per heavy atom. The highest BCUT2D eigenvalue weighted by Gasteiger charge is 2.06. The molecule has 0 radical (unpaired) electrons. The van der Waals surface area contributed by atoms with E-state index in [1.54, 1.807) is 13.2 Å². The molecule has 0 amide bonds. The standard InChI is InChI=1S/C19H29N5O2/c1-4-25-17-8-7-16(15-18(17)26-5-2)9-11-21-19(20-3)22-12-14-24-13-6-10-23-24/h6-8,10,13,15H,4-5,9,11-12,14H2,1-3H3,(H2,20,21,22). The molecule has 26 heavy (non-hydrogen) atoms. The third kappa shape index (κ3) is 6.31. The number of benzene rings is 1. The van der Waals surface area contributed by atoms with Crippen molar-refractivity contribution < 1.29 is 9.47 Å². The number of guanidine groups is 1. The fourth-order valence-corrected chi connectivity index (χ4v) is 2.52. The zero-order valence-corrected chi connectivity index (χ0v) is 15.9. The van der Waals surface area contributed by atoms with Crippen LogP contribution in [0.4, 0.5) is 0 Å². The van der Waals surface area contributed by atoms with Crippen LogP contribution in [0.25, 0.3) is 0 Å². The van der Waals surface area contributed by atoms with Crippen LogP contribution >= 0.6 is 0 Å². The van der Waals surface area contributed by atoms with E-state index >= 15 is 0 Å². The van der Waals surface area contributed by atoms with Gasteiger partial charge in [-0.3, -0.25) is 9.67 Å². The summed E-state index contributed by atoms with van der Waals surface area (Å²) in [6, 6.07) is 8.01. The highest BCUT2D eigenvalue weighted by molar-refractivity contribution is 5.79. The van der Waals surface area contributed by atoms with Gasteiger partial charge in [-0.2, -0.15) is 5.10 Å². The van der Waals surface area contributed by atoms with Gasteiger partial charge in [0, 0.05) is 32.5 Å². The molecule has 1 aromatic carbocycles. The molecule has 2 aromatic rings. The van der Waals surface area contributed by atoms with Gasteiger partial charge in [0.25, 0.3) is 0 Å². The Bertz CT molecular complexity index is 671. The summed E-state index contributed by atoms with van der Waals surface area (Å²) in [7, 11) is 1.77. The predicted molar refractivity (Wildman–Crippen MR) is 104 cm³/mol. The molecule has 2 rings (SSSR count). The Hall–Kier alpha value is -2.70. The van der Waals surface area contributed by atoms with Gasteiger partial charge in [0.1, 0.15) is 0 Å². The quantitative estimate of drug-likeness (QED) is 0.502. The molecule has 142 valence electrons.